The summed E-state index contributed by atoms with van der Waals surface area (Å²) in [6.07, 6.45) is 0. The third-order valence-corrected chi connectivity index (χ3v) is 4.36. The van der Waals surface area contributed by atoms with Crippen molar-refractivity contribution in [3.05, 3.63) is 65.4 Å². The van der Waals surface area contributed by atoms with Gasteiger partial charge >= 0.3 is 0 Å². The Bertz CT molecular complexity index is 1080. The number of rotatable bonds is 1. The lowest BCUT2D eigenvalue weighted by atomic mass is 9.96. The van der Waals surface area contributed by atoms with Crippen molar-refractivity contribution in [1.82, 2.24) is 9.97 Å². The Kier molecular flexibility index (Phi) is 3.24. The molecule has 0 fully saturated rings. The van der Waals surface area contributed by atoms with Crippen LogP contribution in [-0.2, 0) is 0 Å². The number of benzene rings is 2. The van der Waals surface area contributed by atoms with E-state index >= 15 is 0 Å². The maximum absolute atomic E-state index is 6.16. The average molecular weight is 313 g/mol. The van der Waals surface area contributed by atoms with Crippen molar-refractivity contribution in [3.63, 3.8) is 0 Å². The van der Waals surface area contributed by atoms with Crippen LogP contribution in [0.3, 0.4) is 0 Å². The van der Waals surface area contributed by atoms with Crippen molar-refractivity contribution in [2.45, 2.75) is 20.8 Å². The number of nitrogens with two attached hydrogens (primary N) is 1. The Hall–Kier alpha value is -2.94. The fraction of sp³-hybridized carbons (Fsp3) is 0.143. The topological polar surface area (TPSA) is 51.8 Å². The smallest absolute Gasteiger partial charge is 0.133 e. The molecule has 3 heteroatoms. The van der Waals surface area contributed by atoms with Crippen molar-refractivity contribution in [2.75, 3.05) is 5.73 Å². The Balaban J connectivity index is 2.19. The number of aromatic nitrogens is 2. The molecule has 4 rings (SSSR count). The zero-order valence-corrected chi connectivity index (χ0v) is 14.1. The van der Waals surface area contributed by atoms with Crippen LogP contribution in [0.4, 0.5) is 5.82 Å². The quantitative estimate of drug-likeness (QED) is 0.505. The molecule has 24 heavy (non-hydrogen) atoms. The monoisotopic (exact) mass is 313 g/mol. The van der Waals surface area contributed by atoms with Gasteiger partial charge in [0.15, 0.2) is 0 Å². The average Bonchev–Trinajstić information content (AvgIpc) is 2.53. The van der Waals surface area contributed by atoms with Crippen LogP contribution in [0.2, 0.25) is 0 Å². The molecule has 2 heterocycles. The Morgan fingerprint density at radius 1 is 0.833 bits per heavy atom. The van der Waals surface area contributed by atoms with Gasteiger partial charge in [-0.2, -0.15) is 0 Å². The van der Waals surface area contributed by atoms with Crippen LogP contribution in [0.25, 0.3) is 32.9 Å². The molecule has 3 nitrogen and oxygen atoms in total. The number of nitrogen functional groups attached to an aromatic ring is 1. The summed E-state index contributed by atoms with van der Waals surface area (Å²) in [4.78, 5) is 9.38. The Labute approximate surface area is 141 Å². The molecule has 0 unspecified atom stereocenters. The van der Waals surface area contributed by atoms with Gasteiger partial charge in [0.25, 0.3) is 0 Å². The van der Waals surface area contributed by atoms with Crippen LogP contribution in [0.1, 0.15) is 16.8 Å². The lowest BCUT2D eigenvalue weighted by Crippen LogP contribution is -1.97. The maximum Gasteiger partial charge on any atom is 0.133 e. The second-order valence-electron chi connectivity index (χ2n) is 6.42. The second kappa shape index (κ2) is 5.31. The molecule has 0 aliphatic carbocycles. The molecule has 2 aromatic heterocycles. The number of hydrogen-bond acceptors (Lipinski definition) is 3. The summed E-state index contributed by atoms with van der Waals surface area (Å²) in [6, 6.07) is 16.8. The molecular weight excluding hydrogens is 294 g/mol. The van der Waals surface area contributed by atoms with Crippen LogP contribution in [0, 0.1) is 20.8 Å². The molecule has 0 aliphatic heterocycles. The van der Waals surface area contributed by atoms with Gasteiger partial charge in [0.1, 0.15) is 5.82 Å². The molecule has 2 N–H and O–H groups in total. The number of hydrogen-bond donors (Lipinski definition) is 1. The first kappa shape index (κ1) is 14.6. The summed E-state index contributed by atoms with van der Waals surface area (Å²) in [7, 11) is 0. The highest BCUT2D eigenvalue weighted by Crippen LogP contribution is 2.35. The number of nitrogens with zero attached hydrogens (tertiary/aromatic N) is 2. The van der Waals surface area contributed by atoms with E-state index in [-0.39, 0.29) is 0 Å². The van der Waals surface area contributed by atoms with Crippen LogP contribution >= 0.6 is 0 Å². The van der Waals surface area contributed by atoms with Gasteiger partial charge < -0.3 is 5.73 Å². The molecular formula is C21H19N3. The molecule has 118 valence electrons. The minimum Gasteiger partial charge on any atom is -0.383 e. The fourth-order valence-corrected chi connectivity index (χ4v) is 3.40. The molecule has 0 bridgehead atoms. The van der Waals surface area contributed by atoms with Gasteiger partial charge in [-0.05, 0) is 50.1 Å². The van der Waals surface area contributed by atoms with Crippen molar-refractivity contribution in [3.8, 4) is 11.1 Å². The predicted molar refractivity (Wildman–Crippen MR) is 101 cm³/mol. The van der Waals surface area contributed by atoms with E-state index in [2.05, 4.69) is 43.1 Å². The summed E-state index contributed by atoms with van der Waals surface area (Å²) >= 11 is 0. The lowest BCUT2D eigenvalue weighted by Gasteiger charge is -2.12. The molecule has 0 saturated heterocycles. The summed E-state index contributed by atoms with van der Waals surface area (Å²) in [5.74, 6) is 0.530. The van der Waals surface area contributed by atoms with Gasteiger partial charge in [-0.3, -0.25) is 4.98 Å². The number of aryl methyl sites for hydroxylation is 3. The van der Waals surface area contributed by atoms with Crippen LogP contribution < -0.4 is 5.73 Å². The molecule has 0 amide bonds. The van der Waals surface area contributed by atoms with E-state index in [1.165, 1.54) is 16.7 Å². The fourth-order valence-electron chi connectivity index (χ4n) is 3.40. The summed E-state index contributed by atoms with van der Waals surface area (Å²) in [5, 5.41) is 1.97. The highest BCUT2D eigenvalue weighted by molar-refractivity contribution is 6.13. The number of anilines is 1. The first-order valence-corrected chi connectivity index (χ1v) is 8.07. The van der Waals surface area contributed by atoms with Gasteiger partial charge in [-0.15, -0.1) is 0 Å². The van der Waals surface area contributed by atoms with Crippen molar-refractivity contribution in [2.24, 2.45) is 0 Å². The first-order chi connectivity index (χ1) is 11.5. The van der Waals surface area contributed by atoms with E-state index in [0.29, 0.717) is 5.82 Å². The number of pyridine rings is 2. The third kappa shape index (κ3) is 2.29. The molecule has 0 radical (unpaired) electrons. The summed E-state index contributed by atoms with van der Waals surface area (Å²) in [6.45, 7) is 6.25. The minimum atomic E-state index is 0.530. The van der Waals surface area contributed by atoms with Gasteiger partial charge in [0, 0.05) is 16.5 Å². The van der Waals surface area contributed by atoms with Crippen molar-refractivity contribution >= 4 is 27.6 Å². The third-order valence-electron chi connectivity index (χ3n) is 4.36. The van der Waals surface area contributed by atoms with Crippen molar-refractivity contribution < 1.29 is 0 Å². The first-order valence-electron chi connectivity index (χ1n) is 8.07. The Morgan fingerprint density at radius 3 is 2.33 bits per heavy atom. The largest absolute Gasteiger partial charge is 0.383 e. The van der Waals surface area contributed by atoms with E-state index in [9.17, 15) is 0 Å². The van der Waals surface area contributed by atoms with Crippen LogP contribution in [0.15, 0.2) is 48.5 Å². The van der Waals surface area contributed by atoms with E-state index < -0.39 is 0 Å². The van der Waals surface area contributed by atoms with Gasteiger partial charge in [0.05, 0.1) is 11.0 Å². The summed E-state index contributed by atoms with van der Waals surface area (Å²) in [5.41, 5.74) is 13.8. The minimum absolute atomic E-state index is 0.530. The predicted octanol–water partition coefficient (Wildman–Crippen LogP) is 4.96. The van der Waals surface area contributed by atoms with E-state index in [0.717, 1.165) is 33.1 Å². The zero-order valence-electron chi connectivity index (χ0n) is 14.1. The highest BCUT2D eigenvalue weighted by Gasteiger charge is 2.13. The van der Waals surface area contributed by atoms with E-state index in [1.807, 2.05) is 31.2 Å². The lowest BCUT2D eigenvalue weighted by molar-refractivity contribution is 1.26. The van der Waals surface area contributed by atoms with Crippen molar-refractivity contribution in [1.29, 1.82) is 0 Å². The van der Waals surface area contributed by atoms with Gasteiger partial charge in [-0.25, -0.2) is 4.98 Å². The SMILES string of the molecule is Cc1cc(C)cc(-c2cccc3nc(N)c4ccc(C)nc4c23)c1. The molecule has 4 aromatic rings. The molecule has 0 saturated carbocycles. The standard InChI is InChI=1S/C21H19N3/c1-12-9-13(2)11-15(10-12)16-5-4-6-18-19(16)20-17(21(22)24-18)8-7-14(3)23-20/h4-11H,1-3H3,(H2,22,24). The highest BCUT2D eigenvalue weighted by atomic mass is 14.9. The van der Waals surface area contributed by atoms with Crippen LogP contribution in [0.5, 0.6) is 0 Å². The number of fused-ring (bicyclic) bond motifs is 3. The molecule has 0 spiro atoms. The van der Waals surface area contributed by atoms with Gasteiger partial charge in [-0.1, -0.05) is 41.5 Å². The van der Waals surface area contributed by atoms with E-state index in [1.54, 1.807) is 0 Å². The molecule has 2 aromatic carbocycles. The molecule has 0 atom stereocenters. The Morgan fingerprint density at radius 2 is 1.58 bits per heavy atom. The summed E-state index contributed by atoms with van der Waals surface area (Å²) < 4.78 is 0. The molecule has 0 aliphatic rings. The second-order valence-corrected chi connectivity index (χ2v) is 6.42. The van der Waals surface area contributed by atoms with Crippen LogP contribution in [-0.4, -0.2) is 9.97 Å². The maximum atomic E-state index is 6.16. The zero-order chi connectivity index (χ0) is 16.8. The van der Waals surface area contributed by atoms with E-state index in [4.69, 9.17) is 10.7 Å². The normalized spacial score (nSPS) is 11.3. The van der Waals surface area contributed by atoms with Gasteiger partial charge in [0.2, 0.25) is 0 Å².